The number of hydrogen-bond donors (Lipinski definition) is 1. The fourth-order valence-corrected chi connectivity index (χ4v) is 2.94. The Kier molecular flexibility index (Phi) is 3.17. The molecule has 0 fully saturated rings. The monoisotopic (exact) mass is 315 g/mol. The summed E-state index contributed by atoms with van der Waals surface area (Å²) in [6, 6.07) is 11.5. The van der Waals surface area contributed by atoms with Gasteiger partial charge in [-0.2, -0.15) is 0 Å². The maximum atomic E-state index is 6.33. The van der Waals surface area contributed by atoms with Crippen molar-refractivity contribution in [2.75, 3.05) is 13.3 Å². The van der Waals surface area contributed by atoms with E-state index in [9.17, 15) is 0 Å². The predicted molar refractivity (Wildman–Crippen MR) is 85.4 cm³/mol. The summed E-state index contributed by atoms with van der Waals surface area (Å²) in [5.41, 5.74) is 8.46. The van der Waals surface area contributed by atoms with Gasteiger partial charge in [0.15, 0.2) is 11.5 Å². The summed E-state index contributed by atoms with van der Waals surface area (Å²) in [6.07, 6.45) is 0. The molecule has 3 aromatic rings. The molecular weight excluding hydrogens is 302 g/mol. The Labute approximate surface area is 132 Å². The van der Waals surface area contributed by atoms with Gasteiger partial charge in [-0.15, -0.1) is 0 Å². The van der Waals surface area contributed by atoms with Gasteiger partial charge >= 0.3 is 0 Å². The first kappa shape index (κ1) is 13.4. The largest absolute Gasteiger partial charge is 0.454 e. The standard InChI is InChI=1S/C16H14ClN3O2/c17-11-4-2-1-3-10(11)16-19-12-7-14-15(22-9-21-14)8-13(12)20(16)6-5-18/h1-4,7-8H,5-6,9,18H2. The first-order valence-electron chi connectivity index (χ1n) is 7.03. The first-order valence-corrected chi connectivity index (χ1v) is 7.40. The highest BCUT2D eigenvalue weighted by atomic mass is 35.5. The van der Waals surface area contributed by atoms with Gasteiger partial charge in [-0.3, -0.25) is 0 Å². The van der Waals surface area contributed by atoms with E-state index in [1.54, 1.807) is 0 Å². The summed E-state index contributed by atoms with van der Waals surface area (Å²) >= 11 is 6.33. The number of halogens is 1. The molecule has 0 aliphatic carbocycles. The lowest BCUT2D eigenvalue weighted by atomic mass is 10.2. The van der Waals surface area contributed by atoms with Crippen molar-refractivity contribution in [1.29, 1.82) is 0 Å². The van der Waals surface area contributed by atoms with Gasteiger partial charge in [0.25, 0.3) is 0 Å². The molecular formula is C16H14ClN3O2. The summed E-state index contributed by atoms with van der Waals surface area (Å²) in [5, 5.41) is 0.663. The molecule has 2 heterocycles. The van der Waals surface area contributed by atoms with Gasteiger partial charge in [-0.05, 0) is 12.1 Å². The molecule has 6 heteroatoms. The highest BCUT2D eigenvalue weighted by Crippen LogP contribution is 2.38. The van der Waals surface area contributed by atoms with Crippen LogP contribution in [0, 0.1) is 0 Å². The van der Waals surface area contributed by atoms with Crippen LogP contribution in [-0.4, -0.2) is 22.9 Å². The lowest BCUT2D eigenvalue weighted by molar-refractivity contribution is 0.174. The summed E-state index contributed by atoms with van der Waals surface area (Å²) in [7, 11) is 0. The third-order valence-corrected chi connectivity index (χ3v) is 4.04. The number of nitrogens with zero attached hydrogens (tertiary/aromatic N) is 2. The van der Waals surface area contributed by atoms with E-state index >= 15 is 0 Å². The zero-order valence-electron chi connectivity index (χ0n) is 11.8. The average molecular weight is 316 g/mol. The van der Waals surface area contributed by atoms with Gasteiger partial charge in [0, 0.05) is 30.8 Å². The van der Waals surface area contributed by atoms with Gasteiger partial charge in [0.2, 0.25) is 6.79 Å². The third kappa shape index (κ3) is 2.01. The number of rotatable bonds is 3. The van der Waals surface area contributed by atoms with Crippen molar-refractivity contribution in [2.45, 2.75) is 6.54 Å². The first-order chi connectivity index (χ1) is 10.8. The van der Waals surface area contributed by atoms with Crippen molar-refractivity contribution in [3.8, 4) is 22.9 Å². The average Bonchev–Trinajstić information content (AvgIpc) is 3.10. The molecule has 0 unspecified atom stereocenters. The van der Waals surface area contributed by atoms with Crippen molar-refractivity contribution in [3.63, 3.8) is 0 Å². The number of nitrogens with two attached hydrogens (primary N) is 1. The third-order valence-electron chi connectivity index (χ3n) is 3.71. The van der Waals surface area contributed by atoms with E-state index in [4.69, 9.17) is 31.8 Å². The number of aromatic nitrogens is 2. The minimum absolute atomic E-state index is 0.246. The van der Waals surface area contributed by atoms with Crippen LogP contribution < -0.4 is 15.2 Å². The van der Waals surface area contributed by atoms with E-state index in [0.717, 1.165) is 33.9 Å². The molecule has 22 heavy (non-hydrogen) atoms. The van der Waals surface area contributed by atoms with E-state index in [1.807, 2.05) is 36.4 Å². The lowest BCUT2D eigenvalue weighted by Gasteiger charge is -2.09. The molecule has 5 nitrogen and oxygen atoms in total. The molecule has 0 saturated heterocycles. The minimum atomic E-state index is 0.246. The van der Waals surface area contributed by atoms with Crippen LogP contribution in [0.5, 0.6) is 11.5 Å². The van der Waals surface area contributed by atoms with Crippen molar-refractivity contribution < 1.29 is 9.47 Å². The van der Waals surface area contributed by atoms with Crippen molar-refractivity contribution in [3.05, 3.63) is 41.4 Å². The molecule has 0 radical (unpaired) electrons. The molecule has 0 saturated carbocycles. The Morgan fingerprint density at radius 3 is 2.73 bits per heavy atom. The molecule has 0 atom stereocenters. The van der Waals surface area contributed by atoms with Crippen LogP contribution in [0.25, 0.3) is 22.4 Å². The highest BCUT2D eigenvalue weighted by Gasteiger charge is 2.20. The molecule has 1 aliphatic rings. The molecule has 112 valence electrons. The normalized spacial score (nSPS) is 13.0. The molecule has 0 bridgehead atoms. The fourth-order valence-electron chi connectivity index (χ4n) is 2.72. The smallest absolute Gasteiger partial charge is 0.231 e. The van der Waals surface area contributed by atoms with Gasteiger partial charge in [0.1, 0.15) is 5.82 Å². The van der Waals surface area contributed by atoms with Crippen LogP contribution in [0.2, 0.25) is 5.02 Å². The zero-order valence-corrected chi connectivity index (χ0v) is 12.5. The molecule has 0 spiro atoms. The van der Waals surface area contributed by atoms with E-state index in [0.29, 0.717) is 18.1 Å². The Morgan fingerprint density at radius 2 is 1.95 bits per heavy atom. The molecule has 1 aliphatic heterocycles. The van der Waals surface area contributed by atoms with E-state index in [2.05, 4.69) is 4.57 Å². The molecule has 2 N–H and O–H groups in total. The number of fused-ring (bicyclic) bond motifs is 2. The predicted octanol–water partition coefficient (Wildman–Crippen LogP) is 3.04. The van der Waals surface area contributed by atoms with Crippen LogP contribution in [0.1, 0.15) is 0 Å². The SMILES string of the molecule is NCCn1c(-c2ccccc2Cl)nc2cc3c(cc21)OCO3. The second kappa shape index (κ2) is 5.19. The Bertz CT molecular complexity index is 860. The maximum Gasteiger partial charge on any atom is 0.231 e. The van der Waals surface area contributed by atoms with Gasteiger partial charge < -0.3 is 19.8 Å². The van der Waals surface area contributed by atoms with Crippen molar-refractivity contribution in [1.82, 2.24) is 9.55 Å². The van der Waals surface area contributed by atoms with Crippen LogP contribution in [0.3, 0.4) is 0 Å². The van der Waals surface area contributed by atoms with E-state index in [-0.39, 0.29) is 6.79 Å². The summed E-state index contributed by atoms with van der Waals surface area (Å²) < 4.78 is 12.9. The van der Waals surface area contributed by atoms with E-state index in [1.165, 1.54) is 0 Å². The second-order valence-corrected chi connectivity index (χ2v) is 5.46. The minimum Gasteiger partial charge on any atom is -0.454 e. The maximum absolute atomic E-state index is 6.33. The zero-order chi connectivity index (χ0) is 15.1. The lowest BCUT2D eigenvalue weighted by Crippen LogP contribution is -2.11. The van der Waals surface area contributed by atoms with Crippen LogP contribution >= 0.6 is 11.6 Å². The Balaban J connectivity index is 1.98. The molecule has 2 aromatic carbocycles. The topological polar surface area (TPSA) is 62.3 Å². The molecule has 4 rings (SSSR count). The van der Waals surface area contributed by atoms with Crippen molar-refractivity contribution >= 4 is 22.6 Å². The Hall–Kier alpha value is -2.24. The van der Waals surface area contributed by atoms with Crippen LogP contribution in [0.15, 0.2) is 36.4 Å². The summed E-state index contributed by atoms with van der Waals surface area (Å²) in [4.78, 5) is 4.73. The number of benzene rings is 2. The summed E-state index contributed by atoms with van der Waals surface area (Å²) in [6.45, 7) is 1.41. The van der Waals surface area contributed by atoms with Gasteiger partial charge in [0.05, 0.1) is 16.1 Å². The Morgan fingerprint density at radius 1 is 1.18 bits per heavy atom. The van der Waals surface area contributed by atoms with Crippen molar-refractivity contribution in [2.24, 2.45) is 5.73 Å². The number of ether oxygens (including phenoxy) is 2. The summed E-state index contributed by atoms with van der Waals surface area (Å²) in [5.74, 6) is 2.25. The number of imidazole rings is 1. The van der Waals surface area contributed by atoms with E-state index < -0.39 is 0 Å². The number of hydrogen-bond acceptors (Lipinski definition) is 4. The molecule has 0 amide bonds. The van der Waals surface area contributed by atoms with Gasteiger partial charge in [-0.1, -0.05) is 23.7 Å². The molecule has 1 aromatic heterocycles. The quantitative estimate of drug-likeness (QED) is 0.807. The van der Waals surface area contributed by atoms with Crippen LogP contribution in [-0.2, 0) is 6.54 Å². The van der Waals surface area contributed by atoms with Gasteiger partial charge in [-0.25, -0.2) is 4.98 Å². The highest BCUT2D eigenvalue weighted by molar-refractivity contribution is 6.33. The van der Waals surface area contributed by atoms with Crippen LogP contribution in [0.4, 0.5) is 0 Å². The fraction of sp³-hybridized carbons (Fsp3) is 0.188. The second-order valence-electron chi connectivity index (χ2n) is 5.05.